The first-order valence-electron chi connectivity index (χ1n) is 14.5. The van der Waals surface area contributed by atoms with Crippen LogP contribution in [0.5, 0.6) is 0 Å². The van der Waals surface area contributed by atoms with Gasteiger partial charge in [-0.05, 0) is 60.2 Å². The van der Waals surface area contributed by atoms with E-state index in [0.29, 0.717) is 30.6 Å². The van der Waals surface area contributed by atoms with Crippen LogP contribution in [0, 0.1) is 17.8 Å². The number of anilines is 2. The molecule has 0 aromatic heterocycles. The first-order chi connectivity index (χ1) is 19.7. The van der Waals surface area contributed by atoms with E-state index >= 15 is 0 Å². The summed E-state index contributed by atoms with van der Waals surface area (Å²) in [6.07, 6.45) is 1.59. The van der Waals surface area contributed by atoms with Crippen molar-refractivity contribution in [2.24, 2.45) is 17.8 Å². The second-order valence-electron chi connectivity index (χ2n) is 12.0. The van der Waals surface area contributed by atoms with Crippen LogP contribution in [-0.4, -0.2) is 57.6 Å². The zero-order valence-corrected chi connectivity index (χ0v) is 23.7. The van der Waals surface area contributed by atoms with E-state index in [1.54, 1.807) is 0 Å². The molecular formula is C33H37N3O5. The maximum absolute atomic E-state index is 14.4. The van der Waals surface area contributed by atoms with Gasteiger partial charge in [-0.3, -0.25) is 14.4 Å². The molecule has 3 aromatic rings. The Labute approximate surface area is 240 Å². The number of nitrogens with zero attached hydrogens (tertiary/aromatic N) is 1. The van der Waals surface area contributed by atoms with Crippen LogP contribution in [0.15, 0.2) is 72.8 Å². The van der Waals surface area contributed by atoms with Crippen molar-refractivity contribution in [2.75, 3.05) is 17.2 Å². The van der Waals surface area contributed by atoms with Gasteiger partial charge in [-0.15, -0.1) is 0 Å². The lowest BCUT2D eigenvalue weighted by molar-refractivity contribution is -0.149. The fourth-order valence-electron chi connectivity index (χ4n) is 7.55. The molecule has 3 N–H and O–H groups in total. The summed E-state index contributed by atoms with van der Waals surface area (Å²) in [5.41, 5.74) is -0.764. The van der Waals surface area contributed by atoms with Crippen molar-refractivity contribution in [1.82, 2.24) is 4.90 Å². The Morgan fingerprint density at radius 1 is 0.951 bits per heavy atom. The smallest absolute Gasteiger partial charge is 0.250 e. The van der Waals surface area contributed by atoms with Crippen molar-refractivity contribution in [2.45, 2.75) is 63.3 Å². The number of rotatable bonds is 8. The molecule has 3 aromatic carbocycles. The predicted molar refractivity (Wildman–Crippen MR) is 157 cm³/mol. The normalized spacial score (nSPS) is 29.1. The molecule has 3 amide bonds. The van der Waals surface area contributed by atoms with E-state index in [1.807, 2.05) is 93.6 Å². The fraction of sp³-hybridized carbons (Fsp3) is 0.424. The Morgan fingerprint density at radius 3 is 2.32 bits per heavy atom. The molecule has 1 spiro atoms. The molecule has 2 unspecified atom stereocenters. The molecule has 3 heterocycles. The molecular weight excluding hydrogens is 518 g/mol. The van der Waals surface area contributed by atoms with E-state index in [4.69, 9.17) is 4.74 Å². The number of amides is 3. The molecule has 41 heavy (non-hydrogen) atoms. The predicted octanol–water partition coefficient (Wildman–Crippen LogP) is 4.59. The summed E-state index contributed by atoms with van der Waals surface area (Å²) in [6.45, 7) is 5.51. The van der Waals surface area contributed by atoms with E-state index in [9.17, 15) is 19.5 Å². The number of hydrogen-bond acceptors (Lipinski definition) is 5. The van der Waals surface area contributed by atoms with Gasteiger partial charge in [0.05, 0.1) is 30.1 Å². The molecule has 0 saturated carbocycles. The van der Waals surface area contributed by atoms with Gasteiger partial charge in [0, 0.05) is 11.4 Å². The number of benzene rings is 3. The minimum absolute atomic E-state index is 0.121. The van der Waals surface area contributed by atoms with Crippen LogP contribution in [0.3, 0.4) is 0 Å². The molecule has 6 atom stereocenters. The summed E-state index contributed by atoms with van der Waals surface area (Å²) in [5, 5.41) is 18.5. The molecule has 3 aliphatic rings. The number of carbonyl (C=O) groups excluding carboxylic acids is 3. The van der Waals surface area contributed by atoms with Gasteiger partial charge in [-0.1, -0.05) is 69.3 Å². The standard InChI is InChI=1S/C33H37N3O5/c1-4-32-16-17-33(41-32)27(26(32)29(38)34-23-12-6-5-7-13-23)31(40)36(25(19-37)20(2)3)28(33)30(39)35-24-15-14-21-10-8-9-11-22(21)18-24/h5-15,18,20,25-28,37H,4,16-17,19H2,1-3H3,(H,34,38)(H,35,39)/t25-,26-,27-,28?,32+,33?/m0/s1. The Morgan fingerprint density at radius 2 is 1.63 bits per heavy atom. The second kappa shape index (κ2) is 10.3. The fourth-order valence-corrected chi connectivity index (χ4v) is 7.55. The van der Waals surface area contributed by atoms with Crippen molar-refractivity contribution >= 4 is 39.9 Å². The van der Waals surface area contributed by atoms with Crippen LogP contribution >= 0.6 is 0 Å². The largest absolute Gasteiger partial charge is 0.394 e. The second-order valence-corrected chi connectivity index (χ2v) is 12.0. The summed E-state index contributed by atoms with van der Waals surface area (Å²) in [4.78, 5) is 44.1. The maximum Gasteiger partial charge on any atom is 0.250 e. The molecule has 3 fully saturated rings. The van der Waals surface area contributed by atoms with Crippen molar-refractivity contribution in [3.8, 4) is 0 Å². The number of likely N-dealkylation sites (tertiary alicyclic amines) is 1. The Kier molecular flexibility index (Phi) is 6.86. The first-order valence-corrected chi connectivity index (χ1v) is 14.5. The number of carbonyl (C=O) groups is 3. The van der Waals surface area contributed by atoms with Gasteiger partial charge >= 0.3 is 0 Å². The van der Waals surface area contributed by atoms with Crippen molar-refractivity contribution in [3.63, 3.8) is 0 Å². The van der Waals surface area contributed by atoms with Crippen molar-refractivity contribution in [1.29, 1.82) is 0 Å². The van der Waals surface area contributed by atoms with E-state index in [1.165, 1.54) is 4.90 Å². The molecule has 3 saturated heterocycles. The van der Waals surface area contributed by atoms with E-state index in [2.05, 4.69) is 10.6 Å². The molecule has 0 aliphatic carbocycles. The Balaban J connectivity index is 1.40. The van der Waals surface area contributed by atoms with Crippen molar-refractivity contribution in [3.05, 3.63) is 72.8 Å². The summed E-state index contributed by atoms with van der Waals surface area (Å²) in [5.74, 6) is -2.67. The first kappa shape index (κ1) is 27.4. The van der Waals surface area contributed by atoms with E-state index in [-0.39, 0.29) is 30.2 Å². The van der Waals surface area contributed by atoms with Gasteiger partial charge < -0.3 is 25.4 Å². The lowest BCUT2D eigenvalue weighted by Gasteiger charge is -2.38. The average Bonchev–Trinajstić information content (AvgIpc) is 3.57. The summed E-state index contributed by atoms with van der Waals surface area (Å²) in [6, 6.07) is 21.2. The molecule has 8 nitrogen and oxygen atoms in total. The number of aliphatic hydroxyl groups is 1. The van der Waals surface area contributed by atoms with Gasteiger partial charge in [-0.2, -0.15) is 0 Å². The highest BCUT2D eigenvalue weighted by Gasteiger charge is 2.79. The number of fused-ring (bicyclic) bond motifs is 2. The highest BCUT2D eigenvalue weighted by molar-refractivity contribution is 6.06. The van der Waals surface area contributed by atoms with Crippen molar-refractivity contribution < 1.29 is 24.2 Å². The number of hydrogen-bond donors (Lipinski definition) is 3. The molecule has 6 rings (SSSR count). The molecule has 3 aliphatic heterocycles. The quantitative estimate of drug-likeness (QED) is 0.377. The van der Waals surface area contributed by atoms with E-state index in [0.717, 1.165) is 10.8 Å². The summed E-state index contributed by atoms with van der Waals surface area (Å²) >= 11 is 0. The number of nitrogens with one attached hydrogen (secondary N) is 2. The van der Waals surface area contributed by atoms with Gasteiger partial charge in [0.2, 0.25) is 17.7 Å². The van der Waals surface area contributed by atoms with E-state index < -0.39 is 35.1 Å². The van der Waals surface area contributed by atoms with Gasteiger partial charge in [-0.25, -0.2) is 0 Å². The third-order valence-electron chi connectivity index (χ3n) is 9.52. The molecule has 214 valence electrons. The third kappa shape index (κ3) is 4.23. The monoisotopic (exact) mass is 555 g/mol. The van der Waals surface area contributed by atoms with Gasteiger partial charge in [0.1, 0.15) is 11.6 Å². The number of ether oxygens (including phenoxy) is 1. The van der Waals surface area contributed by atoms with Crippen LogP contribution in [-0.2, 0) is 19.1 Å². The number of aliphatic hydroxyl groups excluding tert-OH is 1. The van der Waals surface area contributed by atoms with Gasteiger partial charge in [0.25, 0.3) is 0 Å². The molecule has 2 bridgehead atoms. The Bertz CT molecular complexity index is 1490. The van der Waals surface area contributed by atoms with Crippen LogP contribution in [0.2, 0.25) is 0 Å². The van der Waals surface area contributed by atoms with Crippen LogP contribution in [0.1, 0.15) is 40.0 Å². The highest BCUT2D eigenvalue weighted by atomic mass is 16.5. The molecule has 0 radical (unpaired) electrons. The van der Waals surface area contributed by atoms with Crippen LogP contribution in [0.25, 0.3) is 10.8 Å². The summed E-state index contributed by atoms with van der Waals surface area (Å²) < 4.78 is 6.84. The number of para-hydroxylation sites is 1. The SMILES string of the molecule is CC[C@]12CCC3(O1)C(C(=O)Nc1ccc4ccccc4c1)N([C@@H](CO)C(C)C)C(=O)[C@@H]3[C@H]2C(=O)Nc1ccccc1. The zero-order valence-electron chi connectivity index (χ0n) is 23.7. The minimum atomic E-state index is -1.17. The third-order valence-corrected chi connectivity index (χ3v) is 9.52. The highest BCUT2D eigenvalue weighted by Crippen LogP contribution is 2.64. The van der Waals surface area contributed by atoms with Gasteiger partial charge in [0.15, 0.2) is 0 Å². The summed E-state index contributed by atoms with van der Waals surface area (Å²) in [7, 11) is 0. The molecule has 8 heteroatoms. The average molecular weight is 556 g/mol. The lowest BCUT2D eigenvalue weighted by Crippen LogP contribution is -2.57. The zero-order chi connectivity index (χ0) is 28.9. The van der Waals surface area contributed by atoms with Crippen LogP contribution in [0.4, 0.5) is 11.4 Å². The van der Waals surface area contributed by atoms with Crippen LogP contribution < -0.4 is 10.6 Å². The minimum Gasteiger partial charge on any atom is -0.394 e. The topological polar surface area (TPSA) is 108 Å². The lowest BCUT2D eigenvalue weighted by atomic mass is 9.65. The maximum atomic E-state index is 14.4. The Hall–Kier alpha value is -3.75.